The standard InChI is InChI=1S/C35H40Cl2N6O3/c36-30-9-8-25(20-31(30)37)27(10-15-41-16-11-35(12-17-41,34(40)46)43-13-4-1-5-14-43)22-42(23-32(39)44)33(45)29-19-24(21-38)18-26-6-2-3-7-28(26)29/h2-3,6-9,18-20,27H,1,4-5,10-17,22-23H2,(H2,39,44)(H2,40,46). The average molecular weight is 664 g/mol. The van der Waals surface area contributed by atoms with Gasteiger partial charge in [-0.1, -0.05) is 60.0 Å². The number of nitrogens with zero attached hydrogens (tertiary/aromatic N) is 4. The highest BCUT2D eigenvalue weighted by Gasteiger charge is 2.45. The number of amides is 3. The molecule has 2 saturated heterocycles. The van der Waals surface area contributed by atoms with Gasteiger partial charge in [0.15, 0.2) is 0 Å². The van der Waals surface area contributed by atoms with Crippen LogP contribution >= 0.6 is 23.2 Å². The first kappa shape index (κ1) is 33.7. The number of likely N-dealkylation sites (tertiary alicyclic amines) is 2. The van der Waals surface area contributed by atoms with Crippen molar-refractivity contribution in [2.45, 2.75) is 50.0 Å². The number of carbonyl (C=O) groups excluding carboxylic acids is 3. The van der Waals surface area contributed by atoms with Crippen molar-refractivity contribution in [1.82, 2.24) is 14.7 Å². The molecule has 1 unspecified atom stereocenters. The molecule has 4 N–H and O–H groups in total. The Hall–Kier alpha value is -3.68. The Morgan fingerprint density at radius 2 is 1.65 bits per heavy atom. The summed E-state index contributed by atoms with van der Waals surface area (Å²) in [5, 5.41) is 11.9. The molecule has 9 nitrogen and oxygen atoms in total. The molecule has 2 aliphatic rings. The predicted molar refractivity (Wildman–Crippen MR) is 181 cm³/mol. The minimum atomic E-state index is -0.640. The molecule has 0 bridgehead atoms. The van der Waals surface area contributed by atoms with Crippen LogP contribution in [0.1, 0.15) is 65.9 Å². The normalized spacial score (nSPS) is 17.7. The van der Waals surface area contributed by atoms with Crippen molar-refractivity contribution in [3.8, 4) is 6.07 Å². The van der Waals surface area contributed by atoms with E-state index in [4.69, 9.17) is 34.7 Å². The van der Waals surface area contributed by atoms with E-state index in [-0.39, 0.29) is 30.8 Å². The number of nitrogens with two attached hydrogens (primary N) is 2. The largest absolute Gasteiger partial charge is 0.368 e. The van der Waals surface area contributed by atoms with Crippen molar-refractivity contribution >= 4 is 51.7 Å². The molecule has 46 heavy (non-hydrogen) atoms. The lowest BCUT2D eigenvalue weighted by atomic mass is 9.83. The second-order valence-corrected chi connectivity index (χ2v) is 13.3. The van der Waals surface area contributed by atoms with Crippen LogP contribution in [0, 0.1) is 11.3 Å². The summed E-state index contributed by atoms with van der Waals surface area (Å²) >= 11 is 12.7. The monoisotopic (exact) mass is 662 g/mol. The Morgan fingerprint density at radius 1 is 0.935 bits per heavy atom. The third kappa shape index (κ3) is 7.48. The van der Waals surface area contributed by atoms with E-state index in [0.717, 1.165) is 50.0 Å². The van der Waals surface area contributed by atoms with E-state index >= 15 is 0 Å². The molecule has 2 aliphatic heterocycles. The molecule has 3 aromatic rings. The van der Waals surface area contributed by atoms with Gasteiger partial charge in [-0.15, -0.1) is 0 Å². The van der Waals surface area contributed by atoms with Crippen LogP contribution in [0.15, 0.2) is 54.6 Å². The lowest BCUT2D eigenvalue weighted by molar-refractivity contribution is -0.135. The molecule has 2 heterocycles. The first-order valence-corrected chi connectivity index (χ1v) is 16.6. The average Bonchev–Trinajstić information content (AvgIpc) is 3.06. The van der Waals surface area contributed by atoms with Crippen LogP contribution in [-0.2, 0) is 9.59 Å². The topological polar surface area (TPSA) is 137 Å². The lowest BCUT2D eigenvalue weighted by Crippen LogP contribution is -2.63. The molecule has 1 atom stereocenters. The van der Waals surface area contributed by atoms with Gasteiger partial charge in [0.05, 0.1) is 28.2 Å². The van der Waals surface area contributed by atoms with Crippen molar-refractivity contribution in [3.05, 3.63) is 81.3 Å². The van der Waals surface area contributed by atoms with Gasteiger partial charge in [-0.2, -0.15) is 5.26 Å². The molecule has 5 rings (SSSR count). The van der Waals surface area contributed by atoms with E-state index in [1.165, 1.54) is 11.3 Å². The van der Waals surface area contributed by atoms with Crippen LogP contribution in [0.2, 0.25) is 10.0 Å². The molecule has 3 aromatic carbocycles. The maximum Gasteiger partial charge on any atom is 0.255 e. The van der Waals surface area contributed by atoms with Crippen molar-refractivity contribution in [2.24, 2.45) is 11.5 Å². The van der Waals surface area contributed by atoms with Crippen LogP contribution in [-0.4, -0.2) is 83.8 Å². The number of halogens is 2. The van der Waals surface area contributed by atoms with Gasteiger partial charge in [-0.05, 0) is 92.3 Å². The molecule has 0 saturated carbocycles. The smallest absolute Gasteiger partial charge is 0.255 e. The Morgan fingerprint density at radius 3 is 2.30 bits per heavy atom. The second kappa shape index (κ2) is 14.8. The second-order valence-electron chi connectivity index (χ2n) is 12.5. The number of hydrogen-bond acceptors (Lipinski definition) is 6. The Balaban J connectivity index is 1.38. The van der Waals surface area contributed by atoms with E-state index in [1.54, 1.807) is 24.3 Å². The number of fused-ring (bicyclic) bond motifs is 1. The fraction of sp³-hybridized carbons (Fsp3) is 0.429. The van der Waals surface area contributed by atoms with E-state index in [0.29, 0.717) is 52.4 Å². The molecular formula is C35H40Cl2N6O3. The van der Waals surface area contributed by atoms with Gasteiger partial charge in [0, 0.05) is 31.1 Å². The minimum absolute atomic E-state index is 0.192. The van der Waals surface area contributed by atoms with Gasteiger partial charge in [-0.3, -0.25) is 19.3 Å². The van der Waals surface area contributed by atoms with Crippen molar-refractivity contribution in [2.75, 3.05) is 45.8 Å². The molecule has 2 fully saturated rings. The third-order valence-electron chi connectivity index (χ3n) is 9.61. The summed E-state index contributed by atoms with van der Waals surface area (Å²) in [5.41, 5.74) is 12.6. The van der Waals surface area contributed by atoms with E-state index < -0.39 is 11.4 Å². The Labute approximate surface area is 280 Å². The number of nitriles is 1. The van der Waals surface area contributed by atoms with Gasteiger partial charge in [-0.25, -0.2) is 0 Å². The number of primary amides is 2. The number of benzene rings is 3. The molecule has 0 aromatic heterocycles. The van der Waals surface area contributed by atoms with Crippen LogP contribution in [0.5, 0.6) is 0 Å². The van der Waals surface area contributed by atoms with Gasteiger partial charge >= 0.3 is 0 Å². The summed E-state index contributed by atoms with van der Waals surface area (Å²) in [5.74, 6) is -1.48. The zero-order valence-corrected chi connectivity index (χ0v) is 27.4. The summed E-state index contributed by atoms with van der Waals surface area (Å²) < 4.78 is 0. The van der Waals surface area contributed by atoms with Crippen LogP contribution < -0.4 is 11.5 Å². The van der Waals surface area contributed by atoms with Crippen LogP contribution in [0.25, 0.3) is 10.8 Å². The number of carbonyl (C=O) groups is 3. The Bertz CT molecular complexity index is 1640. The first-order chi connectivity index (χ1) is 22.1. The minimum Gasteiger partial charge on any atom is -0.368 e. The highest BCUT2D eigenvalue weighted by Crippen LogP contribution is 2.34. The third-order valence-corrected chi connectivity index (χ3v) is 10.3. The summed E-state index contributed by atoms with van der Waals surface area (Å²) in [6, 6.07) is 18.2. The van der Waals surface area contributed by atoms with Crippen LogP contribution in [0.4, 0.5) is 0 Å². The summed E-state index contributed by atoms with van der Waals surface area (Å²) in [6.45, 7) is 3.86. The van der Waals surface area contributed by atoms with Gasteiger partial charge in [0.2, 0.25) is 11.8 Å². The maximum atomic E-state index is 14.1. The van der Waals surface area contributed by atoms with Crippen molar-refractivity contribution in [1.29, 1.82) is 5.26 Å². The number of rotatable bonds is 11. The predicted octanol–water partition coefficient (Wildman–Crippen LogP) is 4.93. The zero-order chi connectivity index (χ0) is 32.8. The lowest BCUT2D eigenvalue weighted by Gasteiger charge is -2.48. The first-order valence-electron chi connectivity index (χ1n) is 15.8. The van der Waals surface area contributed by atoms with Crippen molar-refractivity contribution < 1.29 is 14.4 Å². The summed E-state index contributed by atoms with van der Waals surface area (Å²) in [4.78, 5) is 45.3. The number of piperidine rings is 2. The zero-order valence-electron chi connectivity index (χ0n) is 25.9. The summed E-state index contributed by atoms with van der Waals surface area (Å²) in [6.07, 6.45) is 5.35. The van der Waals surface area contributed by atoms with Crippen LogP contribution in [0.3, 0.4) is 0 Å². The van der Waals surface area contributed by atoms with E-state index in [9.17, 15) is 19.6 Å². The maximum absolute atomic E-state index is 14.1. The van der Waals surface area contributed by atoms with E-state index in [2.05, 4.69) is 15.9 Å². The van der Waals surface area contributed by atoms with Gasteiger partial charge in [0.25, 0.3) is 5.91 Å². The SMILES string of the molecule is N#Cc1cc(C(=O)N(CC(N)=O)CC(CCN2CCC(C(N)=O)(N3CCCCC3)CC2)c2ccc(Cl)c(Cl)c2)c2ccccc2c1. The fourth-order valence-electron chi connectivity index (χ4n) is 7.05. The highest BCUT2D eigenvalue weighted by molar-refractivity contribution is 6.42. The molecule has 0 aliphatic carbocycles. The van der Waals surface area contributed by atoms with Gasteiger partial charge in [0.1, 0.15) is 5.54 Å². The fourth-order valence-corrected chi connectivity index (χ4v) is 7.36. The quantitative estimate of drug-likeness (QED) is 0.299. The Kier molecular flexibility index (Phi) is 10.9. The van der Waals surface area contributed by atoms with Crippen molar-refractivity contribution in [3.63, 3.8) is 0 Å². The van der Waals surface area contributed by atoms with E-state index in [1.807, 2.05) is 30.3 Å². The highest BCUT2D eigenvalue weighted by atomic mass is 35.5. The van der Waals surface area contributed by atoms with Gasteiger partial charge < -0.3 is 21.3 Å². The molecule has 0 spiro atoms. The summed E-state index contributed by atoms with van der Waals surface area (Å²) in [7, 11) is 0. The molecule has 242 valence electrons. The number of hydrogen-bond donors (Lipinski definition) is 2. The molecule has 0 radical (unpaired) electrons. The molecular weight excluding hydrogens is 623 g/mol. The molecule has 11 heteroatoms. The molecule has 3 amide bonds.